The number of rotatable bonds is 7. The van der Waals surface area contributed by atoms with Crippen LogP contribution in [0.5, 0.6) is 11.5 Å². The monoisotopic (exact) mass is 357 g/mol. The number of likely N-dealkylation sites (N-methyl/N-ethyl adjacent to an activating group) is 1. The first kappa shape index (κ1) is 19.3. The van der Waals surface area contributed by atoms with Crippen LogP contribution in [0.3, 0.4) is 0 Å². The number of hydrogen-bond acceptors (Lipinski definition) is 5. The lowest BCUT2D eigenvalue weighted by atomic mass is 10.2. The Balaban J connectivity index is 2.02. The molecular weight excluding hydrogens is 334 g/mol. The lowest BCUT2D eigenvalue weighted by Gasteiger charge is -2.21. The molecule has 0 aliphatic heterocycles. The Morgan fingerprint density at radius 3 is 2.12 bits per heavy atom. The van der Waals surface area contributed by atoms with Crippen molar-refractivity contribution in [3.8, 4) is 11.5 Å². The molecule has 2 aromatic rings. The molecule has 0 spiro atoms. The molecule has 0 saturated carbocycles. The number of esters is 1. The summed E-state index contributed by atoms with van der Waals surface area (Å²) >= 11 is 0. The molecule has 0 bridgehead atoms. The molecule has 0 fully saturated rings. The highest BCUT2D eigenvalue weighted by Crippen LogP contribution is 2.23. The Bertz CT molecular complexity index is 738. The van der Waals surface area contributed by atoms with E-state index in [0.29, 0.717) is 18.0 Å². The summed E-state index contributed by atoms with van der Waals surface area (Å²) < 4.78 is 15.6. The van der Waals surface area contributed by atoms with E-state index in [2.05, 4.69) is 0 Å². The summed E-state index contributed by atoms with van der Waals surface area (Å²) in [5, 5.41) is 0. The Kier molecular flexibility index (Phi) is 6.60. The van der Waals surface area contributed by atoms with Crippen molar-refractivity contribution >= 4 is 11.9 Å². The van der Waals surface area contributed by atoms with Crippen LogP contribution in [0.1, 0.15) is 22.8 Å². The fourth-order valence-corrected chi connectivity index (χ4v) is 2.45. The summed E-state index contributed by atoms with van der Waals surface area (Å²) in [6.45, 7) is 1.99. The van der Waals surface area contributed by atoms with Crippen LogP contribution in [-0.4, -0.2) is 44.1 Å². The molecule has 6 heteroatoms. The van der Waals surface area contributed by atoms with Crippen molar-refractivity contribution in [3.63, 3.8) is 0 Å². The van der Waals surface area contributed by atoms with Gasteiger partial charge in [0.1, 0.15) is 11.5 Å². The SMILES string of the molecule is COc1cc(OC)cc(C(=O)O[C@@H](C)C(=O)N(C)Cc2ccccc2)c1. The molecule has 2 aromatic carbocycles. The second-order valence-corrected chi connectivity index (χ2v) is 5.83. The molecule has 6 nitrogen and oxygen atoms in total. The van der Waals surface area contributed by atoms with Crippen LogP contribution >= 0.6 is 0 Å². The number of benzene rings is 2. The molecule has 138 valence electrons. The standard InChI is InChI=1S/C20H23NO5/c1-14(19(22)21(2)13-15-8-6-5-7-9-15)26-20(23)16-10-17(24-3)12-18(11-16)25-4/h5-12,14H,13H2,1-4H3/t14-/m0/s1. The van der Waals surface area contributed by atoms with Gasteiger partial charge < -0.3 is 19.1 Å². The summed E-state index contributed by atoms with van der Waals surface area (Å²) in [5.74, 6) is 0.0428. The largest absolute Gasteiger partial charge is 0.497 e. The number of amides is 1. The fraction of sp³-hybridized carbons (Fsp3) is 0.300. The predicted octanol–water partition coefficient (Wildman–Crippen LogP) is 2.91. The molecule has 1 amide bonds. The third kappa shape index (κ3) is 4.99. The summed E-state index contributed by atoms with van der Waals surface area (Å²) in [5.41, 5.74) is 1.26. The second-order valence-electron chi connectivity index (χ2n) is 5.83. The quantitative estimate of drug-likeness (QED) is 0.713. The van der Waals surface area contributed by atoms with Crippen molar-refractivity contribution in [2.75, 3.05) is 21.3 Å². The van der Waals surface area contributed by atoms with Gasteiger partial charge in [-0.15, -0.1) is 0 Å². The van der Waals surface area contributed by atoms with Crippen molar-refractivity contribution in [2.45, 2.75) is 19.6 Å². The Hall–Kier alpha value is -3.02. The van der Waals surface area contributed by atoms with Gasteiger partial charge in [-0.2, -0.15) is 0 Å². The molecule has 26 heavy (non-hydrogen) atoms. The van der Waals surface area contributed by atoms with Gasteiger partial charge in [-0.1, -0.05) is 30.3 Å². The van der Waals surface area contributed by atoms with E-state index in [-0.39, 0.29) is 11.5 Å². The van der Waals surface area contributed by atoms with Gasteiger partial charge in [0.05, 0.1) is 19.8 Å². The predicted molar refractivity (Wildman–Crippen MR) is 97.3 cm³/mol. The van der Waals surface area contributed by atoms with Gasteiger partial charge in [-0.25, -0.2) is 4.79 Å². The highest BCUT2D eigenvalue weighted by Gasteiger charge is 2.23. The highest BCUT2D eigenvalue weighted by atomic mass is 16.5. The average molecular weight is 357 g/mol. The van der Waals surface area contributed by atoms with Gasteiger partial charge in [-0.05, 0) is 24.6 Å². The van der Waals surface area contributed by atoms with Crippen LogP contribution in [0.15, 0.2) is 48.5 Å². The topological polar surface area (TPSA) is 65.1 Å². The van der Waals surface area contributed by atoms with E-state index in [4.69, 9.17) is 14.2 Å². The van der Waals surface area contributed by atoms with E-state index in [1.54, 1.807) is 20.0 Å². The zero-order valence-corrected chi connectivity index (χ0v) is 15.4. The van der Waals surface area contributed by atoms with Crippen molar-refractivity contribution in [1.82, 2.24) is 4.90 Å². The van der Waals surface area contributed by atoms with Crippen molar-refractivity contribution in [1.29, 1.82) is 0 Å². The van der Waals surface area contributed by atoms with E-state index in [1.807, 2.05) is 30.3 Å². The first-order chi connectivity index (χ1) is 12.4. The maximum absolute atomic E-state index is 12.5. The zero-order chi connectivity index (χ0) is 19.1. The Morgan fingerprint density at radius 1 is 1.00 bits per heavy atom. The van der Waals surface area contributed by atoms with Crippen LogP contribution in [0.4, 0.5) is 0 Å². The first-order valence-electron chi connectivity index (χ1n) is 8.17. The van der Waals surface area contributed by atoms with Crippen molar-refractivity contribution in [2.24, 2.45) is 0 Å². The third-order valence-electron chi connectivity index (χ3n) is 3.86. The number of ether oxygens (including phenoxy) is 3. The van der Waals surface area contributed by atoms with E-state index < -0.39 is 12.1 Å². The van der Waals surface area contributed by atoms with E-state index in [0.717, 1.165) is 5.56 Å². The molecule has 0 aromatic heterocycles. The minimum Gasteiger partial charge on any atom is -0.497 e. The van der Waals surface area contributed by atoms with Gasteiger partial charge in [0, 0.05) is 19.7 Å². The van der Waals surface area contributed by atoms with Crippen LogP contribution in [0, 0.1) is 0 Å². The molecule has 0 aliphatic carbocycles. The molecule has 0 heterocycles. The molecule has 0 saturated heterocycles. The molecule has 1 atom stereocenters. The average Bonchev–Trinajstić information content (AvgIpc) is 2.67. The van der Waals surface area contributed by atoms with Crippen LogP contribution in [-0.2, 0) is 16.1 Å². The number of carbonyl (C=O) groups is 2. The Morgan fingerprint density at radius 2 is 1.58 bits per heavy atom. The molecule has 0 radical (unpaired) electrons. The number of carbonyl (C=O) groups excluding carboxylic acids is 2. The fourth-order valence-electron chi connectivity index (χ4n) is 2.45. The van der Waals surface area contributed by atoms with Crippen LogP contribution < -0.4 is 9.47 Å². The van der Waals surface area contributed by atoms with E-state index >= 15 is 0 Å². The molecule has 0 aliphatic rings. The molecule has 2 rings (SSSR count). The molecule has 0 N–H and O–H groups in total. The Labute approximate surface area is 153 Å². The minimum atomic E-state index is -0.909. The smallest absolute Gasteiger partial charge is 0.339 e. The van der Waals surface area contributed by atoms with Crippen molar-refractivity contribution < 1.29 is 23.8 Å². The lowest BCUT2D eigenvalue weighted by molar-refractivity contribution is -0.139. The van der Waals surface area contributed by atoms with Gasteiger partial charge in [-0.3, -0.25) is 4.79 Å². The highest BCUT2D eigenvalue weighted by molar-refractivity contribution is 5.93. The van der Waals surface area contributed by atoms with E-state index in [9.17, 15) is 9.59 Å². The van der Waals surface area contributed by atoms with Gasteiger partial charge in [0.2, 0.25) is 0 Å². The van der Waals surface area contributed by atoms with Crippen molar-refractivity contribution in [3.05, 3.63) is 59.7 Å². The van der Waals surface area contributed by atoms with Crippen LogP contribution in [0.25, 0.3) is 0 Å². The van der Waals surface area contributed by atoms with Crippen LogP contribution in [0.2, 0.25) is 0 Å². The summed E-state index contributed by atoms with van der Waals surface area (Å²) in [6, 6.07) is 14.3. The minimum absolute atomic E-state index is 0.256. The zero-order valence-electron chi connectivity index (χ0n) is 15.4. The number of methoxy groups -OCH3 is 2. The normalized spacial score (nSPS) is 11.4. The summed E-state index contributed by atoms with van der Waals surface area (Å²) in [4.78, 5) is 26.4. The number of nitrogens with zero attached hydrogens (tertiary/aromatic N) is 1. The maximum Gasteiger partial charge on any atom is 0.339 e. The van der Waals surface area contributed by atoms with Gasteiger partial charge in [0.25, 0.3) is 5.91 Å². The second kappa shape index (κ2) is 8.89. The number of hydrogen-bond donors (Lipinski definition) is 0. The molecule has 0 unspecified atom stereocenters. The van der Waals surface area contributed by atoms with Gasteiger partial charge in [0.15, 0.2) is 6.10 Å². The first-order valence-corrected chi connectivity index (χ1v) is 8.17. The third-order valence-corrected chi connectivity index (χ3v) is 3.86. The molecular formula is C20H23NO5. The summed E-state index contributed by atoms with van der Waals surface area (Å²) in [6.07, 6.45) is -0.909. The van der Waals surface area contributed by atoms with Gasteiger partial charge >= 0.3 is 5.97 Å². The maximum atomic E-state index is 12.5. The lowest BCUT2D eigenvalue weighted by Crippen LogP contribution is -2.37. The van der Waals surface area contributed by atoms with E-state index in [1.165, 1.54) is 31.3 Å². The summed E-state index contributed by atoms with van der Waals surface area (Å²) in [7, 11) is 4.66.